The number of carbonyl (C=O) groups is 1. The van der Waals surface area contributed by atoms with Crippen molar-refractivity contribution in [3.05, 3.63) is 75.4 Å². The maximum Gasteiger partial charge on any atom is 0.194 e. The Morgan fingerprint density at radius 2 is 1.86 bits per heavy atom. The van der Waals surface area contributed by atoms with Gasteiger partial charge in [-0.1, -0.05) is 18.2 Å². The summed E-state index contributed by atoms with van der Waals surface area (Å²) < 4.78 is 0.858. The minimum atomic E-state index is 0.0213. The zero-order valence-electron chi connectivity index (χ0n) is 11.9. The molecule has 21 heavy (non-hydrogen) atoms. The smallest absolute Gasteiger partial charge is 0.194 e. The molecule has 1 aromatic heterocycles. The van der Waals surface area contributed by atoms with Crippen LogP contribution >= 0.6 is 15.9 Å². The zero-order chi connectivity index (χ0) is 15.0. The summed E-state index contributed by atoms with van der Waals surface area (Å²) in [5.41, 5.74) is 4.31. The Morgan fingerprint density at radius 3 is 2.67 bits per heavy atom. The molecule has 3 heteroatoms. The summed E-state index contributed by atoms with van der Waals surface area (Å²) in [6.07, 6.45) is 0. The van der Waals surface area contributed by atoms with Gasteiger partial charge in [-0.3, -0.25) is 9.78 Å². The van der Waals surface area contributed by atoms with E-state index in [2.05, 4.69) is 20.9 Å². The quantitative estimate of drug-likeness (QED) is 0.625. The van der Waals surface area contributed by atoms with E-state index in [1.54, 1.807) is 0 Å². The molecule has 2 nitrogen and oxygen atoms in total. The number of aryl methyl sites for hydroxylation is 2. The van der Waals surface area contributed by atoms with Crippen LogP contribution in [0.5, 0.6) is 0 Å². The van der Waals surface area contributed by atoms with Crippen LogP contribution in [0.2, 0.25) is 0 Å². The molecule has 0 spiro atoms. The van der Waals surface area contributed by atoms with E-state index in [0.29, 0.717) is 11.1 Å². The minimum absolute atomic E-state index is 0.0213. The number of rotatable bonds is 2. The van der Waals surface area contributed by atoms with Crippen molar-refractivity contribution >= 4 is 32.6 Å². The van der Waals surface area contributed by atoms with E-state index in [1.807, 2.05) is 62.4 Å². The van der Waals surface area contributed by atoms with Crippen LogP contribution in [-0.4, -0.2) is 10.8 Å². The summed E-state index contributed by atoms with van der Waals surface area (Å²) in [7, 11) is 0. The first-order chi connectivity index (χ1) is 10.1. The van der Waals surface area contributed by atoms with Crippen LogP contribution in [0.4, 0.5) is 0 Å². The van der Waals surface area contributed by atoms with Crippen LogP contribution in [0.1, 0.15) is 27.2 Å². The summed E-state index contributed by atoms with van der Waals surface area (Å²) in [6, 6.07) is 15.3. The van der Waals surface area contributed by atoms with Crippen molar-refractivity contribution in [1.29, 1.82) is 0 Å². The summed E-state index contributed by atoms with van der Waals surface area (Å²) in [5, 5.41) is 0.982. The molecule has 0 aliphatic rings. The highest BCUT2D eigenvalue weighted by atomic mass is 79.9. The molecule has 0 N–H and O–H groups in total. The molecule has 0 radical (unpaired) electrons. The topological polar surface area (TPSA) is 30.0 Å². The molecular weight excluding hydrogens is 326 g/mol. The van der Waals surface area contributed by atoms with Gasteiger partial charge in [-0.25, -0.2) is 0 Å². The lowest BCUT2D eigenvalue weighted by Crippen LogP contribution is -2.03. The number of aromatic nitrogens is 1. The fourth-order valence-electron chi connectivity index (χ4n) is 2.35. The van der Waals surface area contributed by atoms with E-state index in [-0.39, 0.29) is 5.78 Å². The van der Waals surface area contributed by atoms with E-state index in [4.69, 9.17) is 0 Å². The second-order valence-corrected chi connectivity index (χ2v) is 5.92. The van der Waals surface area contributed by atoms with Crippen molar-refractivity contribution < 1.29 is 4.79 Å². The van der Waals surface area contributed by atoms with Gasteiger partial charge in [0.05, 0.1) is 5.52 Å². The third kappa shape index (κ3) is 2.61. The first kappa shape index (κ1) is 14.0. The second kappa shape index (κ2) is 5.41. The van der Waals surface area contributed by atoms with Crippen LogP contribution in [0.25, 0.3) is 10.9 Å². The maximum atomic E-state index is 12.7. The van der Waals surface area contributed by atoms with Gasteiger partial charge >= 0.3 is 0 Å². The predicted molar refractivity (Wildman–Crippen MR) is 88.8 cm³/mol. The van der Waals surface area contributed by atoms with E-state index in [0.717, 1.165) is 26.6 Å². The number of hydrogen-bond donors (Lipinski definition) is 0. The number of ketones is 1. The molecule has 0 fully saturated rings. The molecule has 2 aromatic carbocycles. The maximum absolute atomic E-state index is 12.7. The van der Waals surface area contributed by atoms with Gasteiger partial charge in [0.15, 0.2) is 5.78 Å². The first-order valence-corrected chi connectivity index (χ1v) is 7.53. The molecule has 3 rings (SSSR count). The van der Waals surface area contributed by atoms with E-state index < -0.39 is 0 Å². The molecule has 0 atom stereocenters. The Hall–Kier alpha value is -2.00. The van der Waals surface area contributed by atoms with Crippen molar-refractivity contribution in [3.8, 4) is 0 Å². The summed E-state index contributed by atoms with van der Waals surface area (Å²) in [6.45, 7) is 3.94. The Morgan fingerprint density at radius 1 is 1.05 bits per heavy atom. The van der Waals surface area contributed by atoms with Crippen LogP contribution in [-0.2, 0) is 0 Å². The van der Waals surface area contributed by atoms with Crippen molar-refractivity contribution in [2.75, 3.05) is 0 Å². The molecule has 0 saturated carbocycles. The molecule has 0 amide bonds. The lowest BCUT2D eigenvalue weighted by Gasteiger charge is -2.07. The highest BCUT2D eigenvalue weighted by Gasteiger charge is 2.14. The summed E-state index contributed by atoms with van der Waals surface area (Å²) in [5.74, 6) is 0.0213. The number of benzene rings is 2. The van der Waals surface area contributed by atoms with Crippen LogP contribution in [0.3, 0.4) is 0 Å². The molecule has 0 saturated heterocycles. The van der Waals surface area contributed by atoms with Gasteiger partial charge in [-0.2, -0.15) is 0 Å². The lowest BCUT2D eigenvalue weighted by molar-refractivity contribution is 0.103. The molecule has 0 bridgehead atoms. The average molecular weight is 340 g/mol. The van der Waals surface area contributed by atoms with Gasteiger partial charge < -0.3 is 0 Å². The molecule has 104 valence electrons. The predicted octanol–water partition coefficient (Wildman–Crippen LogP) is 4.85. The van der Waals surface area contributed by atoms with E-state index in [9.17, 15) is 4.79 Å². The minimum Gasteiger partial charge on any atom is -0.289 e. The summed E-state index contributed by atoms with van der Waals surface area (Å²) >= 11 is 3.50. The Bertz CT molecular complexity index is 855. The number of pyridine rings is 1. The van der Waals surface area contributed by atoms with Gasteiger partial charge in [0.2, 0.25) is 0 Å². The fourth-order valence-corrected chi connectivity index (χ4v) is 2.79. The van der Waals surface area contributed by atoms with Gasteiger partial charge in [-0.05, 0) is 65.7 Å². The normalized spacial score (nSPS) is 10.8. The molecule has 3 aromatic rings. The third-order valence-corrected chi connectivity index (χ3v) is 4.58. The zero-order valence-corrected chi connectivity index (χ0v) is 13.4. The largest absolute Gasteiger partial charge is 0.289 e. The standard InChI is InChI=1S/C18H14BrNO/c1-11-4-3-5-15(17(11)19)18(21)14-8-9-16-13(10-14)7-6-12(2)20-16/h3-10H,1-2H3. The first-order valence-electron chi connectivity index (χ1n) is 6.73. The van der Waals surface area contributed by atoms with Gasteiger partial charge in [0.1, 0.15) is 0 Å². The van der Waals surface area contributed by atoms with Gasteiger partial charge in [-0.15, -0.1) is 0 Å². The van der Waals surface area contributed by atoms with Crippen molar-refractivity contribution in [3.63, 3.8) is 0 Å². The Kier molecular flexibility index (Phi) is 3.60. The molecule has 1 heterocycles. The number of halogens is 1. The van der Waals surface area contributed by atoms with Crippen molar-refractivity contribution in [1.82, 2.24) is 4.98 Å². The number of nitrogens with zero attached hydrogens (tertiary/aromatic N) is 1. The lowest BCUT2D eigenvalue weighted by atomic mass is 10.00. The van der Waals surface area contributed by atoms with Gasteiger partial charge in [0.25, 0.3) is 0 Å². The monoisotopic (exact) mass is 339 g/mol. The van der Waals surface area contributed by atoms with Gasteiger partial charge in [0, 0.05) is 26.7 Å². The van der Waals surface area contributed by atoms with Crippen molar-refractivity contribution in [2.45, 2.75) is 13.8 Å². The fraction of sp³-hybridized carbons (Fsp3) is 0.111. The van der Waals surface area contributed by atoms with Crippen LogP contribution in [0.15, 0.2) is 53.0 Å². The number of fused-ring (bicyclic) bond motifs is 1. The SMILES string of the molecule is Cc1ccc2cc(C(=O)c3cccc(C)c3Br)ccc2n1. The third-order valence-electron chi connectivity index (χ3n) is 3.53. The van der Waals surface area contributed by atoms with E-state index >= 15 is 0 Å². The van der Waals surface area contributed by atoms with Crippen LogP contribution < -0.4 is 0 Å². The highest BCUT2D eigenvalue weighted by Crippen LogP contribution is 2.25. The number of hydrogen-bond acceptors (Lipinski definition) is 2. The van der Waals surface area contributed by atoms with Crippen LogP contribution in [0, 0.1) is 13.8 Å². The van der Waals surface area contributed by atoms with Crippen molar-refractivity contribution in [2.24, 2.45) is 0 Å². The Balaban J connectivity index is 2.09. The summed E-state index contributed by atoms with van der Waals surface area (Å²) in [4.78, 5) is 17.1. The Labute approximate surface area is 132 Å². The average Bonchev–Trinajstić information content (AvgIpc) is 2.49. The molecular formula is C18H14BrNO. The highest BCUT2D eigenvalue weighted by molar-refractivity contribution is 9.10. The molecule has 0 unspecified atom stereocenters. The van der Waals surface area contributed by atoms with E-state index in [1.165, 1.54) is 0 Å². The second-order valence-electron chi connectivity index (χ2n) is 5.13. The number of carbonyl (C=O) groups excluding carboxylic acids is 1. The molecule has 0 aliphatic heterocycles. The molecule has 0 aliphatic carbocycles.